The summed E-state index contributed by atoms with van der Waals surface area (Å²) in [5.41, 5.74) is 5.35. The monoisotopic (exact) mass is 724 g/mol. The van der Waals surface area contributed by atoms with Crippen molar-refractivity contribution < 1.29 is 32.8 Å². The molecule has 0 fully saturated rings. The molecule has 1 unspecified atom stereocenters. The maximum Gasteiger partial charge on any atom is 0.472 e. The van der Waals surface area contributed by atoms with Gasteiger partial charge >= 0.3 is 13.8 Å². The van der Waals surface area contributed by atoms with Gasteiger partial charge in [-0.15, -0.1) is 0 Å². The first-order chi connectivity index (χ1) is 24.4. The van der Waals surface area contributed by atoms with Gasteiger partial charge in [0.15, 0.2) is 6.10 Å². The summed E-state index contributed by atoms with van der Waals surface area (Å²) in [6.45, 7) is 4.04. The molecule has 8 nitrogen and oxygen atoms in total. The third kappa shape index (κ3) is 37.3. The number of allylic oxidation sites excluding steroid dienone is 9. The second-order valence-electron chi connectivity index (χ2n) is 12.8. The minimum Gasteiger partial charge on any atom is -0.492 e. The molecule has 290 valence electrons. The zero-order valence-corrected chi connectivity index (χ0v) is 32.8. The summed E-state index contributed by atoms with van der Waals surface area (Å²) in [7, 11) is -4.27. The Morgan fingerprint density at radius 3 is 1.70 bits per heavy atom. The van der Waals surface area contributed by atoms with Crippen molar-refractivity contribution in [2.45, 2.75) is 168 Å². The van der Waals surface area contributed by atoms with Crippen molar-refractivity contribution in [2.75, 3.05) is 26.4 Å². The lowest BCUT2D eigenvalue weighted by Crippen LogP contribution is -2.25. The fourth-order valence-corrected chi connectivity index (χ4v) is 5.85. The molecule has 0 saturated carbocycles. The van der Waals surface area contributed by atoms with E-state index in [9.17, 15) is 14.3 Å². The van der Waals surface area contributed by atoms with Crippen LogP contribution < -0.4 is 5.73 Å². The summed E-state index contributed by atoms with van der Waals surface area (Å²) in [6.07, 6.45) is 46.2. The van der Waals surface area contributed by atoms with E-state index in [2.05, 4.69) is 62.5 Å². The second-order valence-corrected chi connectivity index (χ2v) is 14.3. The normalized spacial score (nSPS) is 14.2. The van der Waals surface area contributed by atoms with Crippen molar-refractivity contribution in [1.82, 2.24) is 0 Å². The average Bonchev–Trinajstić information content (AvgIpc) is 3.11. The molecule has 0 rings (SSSR count). The van der Waals surface area contributed by atoms with Gasteiger partial charge < -0.3 is 20.1 Å². The summed E-state index contributed by atoms with van der Waals surface area (Å²) in [5.74, 6) is -0.332. The van der Waals surface area contributed by atoms with E-state index in [1.54, 1.807) is 6.26 Å². The Morgan fingerprint density at radius 1 is 0.640 bits per heavy atom. The predicted molar refractivity (Wildman–Crippen MR) is 210 cm³/mol. The Morgan fingerprint density at radius 2 is 1.14 bits per heavy atom. The van der Waals surface area contributed by atoms with Crippen LogP contribution in [0.1, 0.15) is 162 Å². The highest BCUT2D eigenvalue weighted by Gasteiger charge is 2.24. The lowest BCUT2D eigenvalue weighted by Gasteiger charge is -2.19. The van der Waals surface area contributed by atoms with E-state index in [0.29, 0.717) is 6.42 Å². The lowest BCUT2D eigenvalue weighted by atomic mass is 10.0. The van der Waals surface area contributed by atoms with E-state index in [0.717, 1.165) is 57.8 Å². The van der Waals surface area contributed by atoms with Gasteiger partial charge in [-0.1, -0.05) is 146 Å². The molecule has 0 aromatic heterocycles. The van der Waals surface area contributed by atoms with Crippen LogP contribution in [0.25, 0.3) is 0 Å². The smallest absolute Gasteiger partial charge is 0.472 e. The Bertz CT molecular complexity index is 947. The second kappa shape index (κ2) is 38.3. The van der Waals surface area contributed by atoms with Gasteiger partial charge in [-0.25, -0.2) is 4.57 Å². The number of hydrogen-bond donors (Lipinski definition) is 2. The van der Waals surface area contributed by atoms with Crippen molar-refractivity contribution in [3.8, 4) is 0 Å². The molecule has 0 aromatic carbocycles. The first-order valence-corrected chi connectivity index (χ1v) is 21.3. The highest BCUT2D eigenvalue weighted by atomic mass is 31.2. The first kappa shape index (κ1) is 48.0. The SMILES string of the molecule is CC/C=C\C/C=C\C/C=C\C/C=C\CCCCC(=O)OC[C@H](COP(=O)(O)OCCN)O/C=C\CCCCCCCCCCCCCCCC. The summed E-state index contributed by atoms with van der Waals surface area (Å²) in [5, 5.41) is 0. The molecule has 9 heteroatoms. The Hall–Kier alpha value is -1.96. The topological polar surface area (TPSA) is 117 Å². The minimum atomic E-state index is -4.27. The fourth-order valence-electron chi connectivity index (χ4n) is 5.09. The van der Waals surface area contributed by atoms with Crippen LogP contribution >= 0.6 is 7.82 Å². The number of phosphoric acid groups is 1. The largest absolute Gasteiger partial charge is 0.492 e. The van der Waals surface area contributed by atoms with Gasteiger partial charge in [0.25, 0.3) is 0 Å². The van der Waals surface area contributed by atoms with Crippen molar-refractivity contribution in [2.24, 2.45) is 5.73 Å². The van der Waals surface area contributed by atoms with E-state index in [4.69, 9.17) is 24.3 Å². The molecule has 0 aromatic rings. The third-order valence-electron chi connectivity index (χ3n) is 8.04. The van der Waals surface area contributed by atoms with Gasteiger partial charge in [-0.2, -0.15) is 0 Å². The van der Waals surface area contributed by atoms with Gasteiger partial charge in [-0.3, -0.25) is 13.8 Å². The predicted octanol–water partition coefficient (Wildman–Crippen LogP) is 11.8. The molecule has 0 aliphatic heterocycles. The molecular formula is C41H74NO7P. The van der Waals surface area contributed by atoms with Crippen LogP contribution in [0.5, 0.6) is 0 Å². The maximum atomic E-state index is 12.3. The van der Waals surface area contributed by atoms with Gasteiger partial charge in [0.05, 0.1) is 19.5 Å². The van der Waals surface area contributed by atoms with Crippen molar-refractivity contribution >= 4 is 13.8 Å². The zero-order valence-electron chi connectivity index (χ0n) is 31.9. The summed E-state index contributed by atoms with van der Waals surface area (Å²) >= 11 is 0. The number of carbonyl (C=O) groups is 1. The quantitative estimate of drug-likeness (QED) is 0.0214. The van der Waals surface area contributed by atoms with Crippen LogP contribution in [0.15, 0.2) is 60.9 Å². The Labute approximate surface area is 306 Å². The van der Waals surface area contributed by atoms with Gasteiger partial charge in [-0.05, 0) is 63.9 Å². The number of nitrogens with two attached hydrogens (primary N) is 1. The molecule has 50 heavy (non-hydrogen) atoms. The molecule has 0 amide bonds. The number of carbonyl (C=O) groups excluding carboxylic acids is 1. The summed E-state index contributed by atoms with van der Waals surface area (Å²) in [6, 6.07) is 0. The fraction of sp³-hybridized carbons (Fsp3) is 0.732. The molecule has 0 radical (unpaired) electrons. The molecule has 0 spiro atoms. The number of rotatable bonds is 37. The molecule has 2 atom stereocenters. The summed E-state index contributed by atoms with van der Waals surface area (Å²) < 4.78 is 33.1. The zero-order chi connectivity index (χ0) is 36.6. The van der Waals surface area contributed by atoms with E-state index >= 15 is 0 Å². The molecule has 0 aliphatic carbocycles. The van der Waals surface area contributed by atoms with Crippen LogP contribution in [-0.2, 0) is 27.9 Å². The molecular weight excluding hydrogens is 649 g/mol. The van der Waals surface area contributed by atoms with Crippen LogP contribution in [0.2, 0.25) is 0 Å². The number of hydrogen-bond acceptors (Lipinski definition) is 7. The van der Waals surface area contributed by atoms with E-state index < -0.39 is 13.9 Å². The Kier molecular flexibility index (Phi) is 36.8. The third-order valence-corrected chi connectivity index (χ3v) is 9.02. The van der Waals surface area contributed by atoms with Gasteiger partial charge in [0, 0.05) is 13.0 Å². The average molecular weight is 724 g/mol. The molecule has 0 heterocycles. The number of unbranched alkanes of at least 4 members (excludes halogenated alkanes) is 16. The number of ether oxygens (including phenoxy) is 2. The van der Waals surface area contributed by atoms with Crippen molar-refractivity contribution in [3.63, 3.8) is 0 Å². The van der Waals surface area contributed by atoms with Crippen LogP contribution in [0.4, 0.5) is 0 Å². The standard InChI is InChI=1S/C41H74NO7P/c1-3-5-7-9-11-13-15-17-19-21-23-25-27-29-31-33-36-46-40(39-49-50(44,45)48-37-35-42)38-47-41(43)34-32-30-28-26-24-22-20-18-16-14-12-10-8-6-4-2/h6,8,12,14,18,20,24,26,33,36,40H,3-5,7,9-11,13,15-17,19,21-23,25,27-32,34-35,37-39,42H2,1-2H3,(H,44,45)/b8-6-,14-12-,20-18-,26-24-,36-33-/t40-/m1/s1. The van der Waals surface area contributed by atoms with E-state index in [1.807, 2.05) is 6.08 Å². The molecule has 0 aliphatic rings. The molecule has 3 N–H and O–H groups in total. The van der Waals surface area contributed by atoms with Crippen molar-refractivity contribution in [1.29, 1.82) is 0 Å². The number of esters is 1. The van der Waals surface area contributed by atoms with E-state index in [1.165, 1.54) is 83.5 Å². The molecule has 0 bridgehead atoms. The molecule has 0 saturated heterocycles. The van der Waals surface area contributed by atoms with Gasteiger partial charge in [0.2, 0.25) is 0 Å². The van der Waals surface area contributed by atoms with Crippen LogP contribution in [-0.4, -0.2) is 43.3 Å². The van der Waals surface area contributed by atoms with Crippen molar-refractivity contribution in [3.05, 3.63) is 60.9 Å². The lowest BCUT2D eigenvalue weighted by molar-refractivity contribution is -0.147. The van der Waals surface area contributed by atoms with Crippen LogP contribution in [0, 0.1) is 0 Å². The summed E-state index contributed by atoms with van der Waals surface area (Å²) in [4.78, 5) is 22.2. The highest BCUT2D eigenvalue weighted by molar-refractivity contribution is 7.47. The van der Waals surface area contributed by atoms with E-state index in [-0.39, 0.29) is 32.3 Å². The first-order valence-electron chi connectivity index (χ1n) is 19.8. The van der Waals surface area contributed by atoms with Crippen LogP contribution in [0.3, 0.4) is 0 Å². The highest BCUT2D eigenvalue weighted by Crippen LogP contribution is 2.43. The number of phosphoric ester groups is 1. The Balaban J connectivity index is 4.20. The minimum absolute atomic E-state index is 0.0875. The maximum absolute atomic E-state index is 12.3. The van der Waals surface area contributed by atoms with Gasteiger partial charge in [0.1, 0.15) is 6.61 Å².